The fourth-order valence-electron chi connectivity index (χ4n) is 6.42. The van der Waals surface area contributed by atoms with E-state index in [4.69, 9.17) is 9.98 Å². The molecule has 0 aliphatic rings. The lowest BCUT2D eigenvalue weighted by molar-refractivity contribution is 1.19. The summed E-state index contributed by atoms with van der Waals surface area (Å²) in [4.78, 5) is 10.3. The maximum atomic E-state index is 5.21. The highest BCUT2D eigenvalue weighted by molar-refractivity contribution is 6.20. The second-order valence-corrected chi connectivity index (χ2v) is 11.2. The van der Waals surface area contributed by atoms with Gasteiger partial charge in [0, 0.05) is 27.3 Å². The predicted octanol–water partition coefficient (Wildman–Crippen LogP) is 10.3. The van der Waals surface area contributed by atoms with Crippen molar-refractivity contribution in [1.29, 1.82) is 0 Å². The summed E-state index contributed by atoms with van der Waals surface area (Å²) in [6.07, 6.45) is 0. The predicted molar refractivity (Wildman–Crippen MR) is 191 cm³/mol. The first kappa shape index (κ1) is 26.6. The van der Waals surface area contributed by atoms with E-state index < -0.39 is 0 Å². The van der Waals surface area contributed by atoms with E-state index in [1.165, 1.54) is 21.8 Å². The molecule has 0 saturated heterocycles. The lowest BCUT2D eigenvalue weighted by atomic mass is 10.1. The molecule has 2 aromatic heterocycles. The van der Waals surface area contributed by atoms with E-state index in [-0.39, 0.29) is 0 Å². The van der Waals surface area contributed by atoms with Gasteiger partial charge in [0.25, 0.3) is 0 Å². The van der Waals surface area contributed by atoms with E-state index in [9.17, 15) is 0 Å². The van der Waals surface area contributed by atoms with Gasteiger partial charge in [0.15, 0.2) is 0 Å². The molecule has 0 amide bonds. The minimum atomic E-state index is 0.566. The molecule has 214 valence electrons. The largest absolute Gasteiger partial charge is 0.309 e. The summed E-state index contributed by atoms with van der Waals surface area (Å²) in [7, 11) is 0. The number of para-hydroxylation sites is 3. The lowest BCUT2D eigenvalue weighted by Crippen LogP contribution is -2.12. The van der Waals surface area contributed by atoms with Gasteiger partial charge in [0.2, 0.25) is 5.96 Å². The van der Waals surface area contributed by atoms with E-state index in [1.807, 2.05) is 55.5 Å². The summed E-state index contributed by atoms with van der Waals surface area (Å²) in [5.74, 6) is 0.566. The van der Waals surface area contributed by atoms with Crippen molar-refractivity contribution in [3.63, 3.8) is 0 Å². The third kappa shape index (κ3) is 4.47. The number of fused-ring (bicyclic) bond motifs is 6. The molecule has 0 aliphatic heterocycles. The molecule has 6 aromatic carbocycles. The highest BCUT2D eigenvalue weighted by atomic mass is 15.2. The Morgan fingerprint density at radius 2 is 1.00 bits per heavy atom. The highest BCUT2D eigenvalue weighted by Gasteiger charge is 2.21. The molecule has 2 heterocycles. The van der Waals surface area contributed by atoms with Crippen LogP contribution in [-0.2, 0) is 0 Å². The van der Waals surface area contributed by atoms with Crippen LogP contribution in [0.15, 0.2) is 168 Å². The second-order valence-electron chi connectivity index (χ2n) is 11.2. The van der Waals surface area contributed by atoms with Gasteiger partial charge >= 0.3 is 0 Å². The molecule has 0 fully saturated rings. The van der Waals surface area contributed by atoms with Gasteiger partial charge in [-0.25, -0.2) is 9.98 Å². The second kappa shape index (κ2) is 10.9. The Hall–Kier alpha value is -6.00. The zero-order valence-corrected chi connectivity index (χ0v) is 24.9. The third-order valence-electron chi connectivity index (χ3n) is 8.50. The van der Waals surface area contributed by atoms with Crippen LogP contribution in [0.3, 0.4) is 0 Å². The van der Waals surface area contributed by atoms with Crippen LogP contribution in [0.2, 0.25) is 0 Å². The molecular weight excluding hydrogens is 548 g/mol. The Balaban J connectivity index is 1.45. The molecule has 4 heteroatoms. The average Bonchev–Trinajstić information content (AvgIpc) is 3.62. The van der Waals surface area contributed by atoms with Crippen molar-refractivity contribution < 1.29 is 0 Å². The number of hydrogen-bond acceptors (Lipinski definition) is 1. The van der Waals surface area contributed by atoms with Gasteiger partial charge in [-0.1, -0.05) is 128 Å². The van der Waals surface area contributed by atoms with Gasteiger partial charge in [0.05, 0.1) is 33.5 Å². The highest BCUT2D eigenvalue weighted by Crippen LogP contribution is 2.38. The van der Waals surface area contributed by atoms with Crippen LogP contribution in [0.5, 0.6) is 0 Å². The Morgan fingerprint density at radius 1 is 0.489 bits per heavy atom. The van der Waals surface area contributed by atoms with Crippen molar-refractivity contribution in [2.45, 2.75) is 6.92 Å². The fraction of sp³-hybridized carbons (Fsp3) is 0.0244. The molecule has 0 atom stereocenters. The standard InChI is InChI=1S/C41H30N4/c1-28(30-16-5-3-6-17-30)42-41(43-29(2)31-18-7-4-8-19-31)45-37-25-14-11-22-34(37)40-38(26-15-27-39(40)45)44-35-23-12-9-20-32(35)33-21-10-13-24-36(33)44/h3-27H,1H2,2H3/b42-41+,43-29+. The zero-order chi connectivity index (χ0) is 30.3. The van der Waals surface area contributed by atoms with Crippen molar-refractivity contribution in [3.8, 4) is 5.69 Å². The Labute approximate surface area is 261 Å². The summed E-state index contributed by atoms with van der Waals surface area (Å²) in [6, 6.07) is 52.7. The van der Waals surface area contributed by atoms with Gasteiger partial charge < -0.3 is 4.57 Å². The van der Waals surface area contributed by atoms with E-state index in [0.29, 0.717) is 11.7 Å². The number of aliphatic imine (C=N–C) groups is 2. The Morgan fingerprint density at radius 3 is 1.64 bits per heavy atom. The smallest absolute Gasteiger partial charge is 0.235 e. The molecule has 8 aromatic rings. The molecule has 0 saturated carbocycles. The van der Waals surface area contributed by atoms with E-state index in [0.717, 1.165) is 44.3 Å². The summed E-state index contributed by atoms with van der Waals surface area (Å²) in [6.45, 7) is 6.40. The van der Waals surface area contributed by atoms with Crippen LogP contribution in [-0.4, -0.2) is 20.8 Å². The minimum absolute atomic E-state index is 0.566. The first-order chi connectivity index (χ1) is 22.2. The van der Waals surface area contributed by atoms with Gasteiger partial charge in [-0.15, -0.1) is 0 Å². The number of hydrogen-bond donors (Lipinski definition) is 0. The van der Waals surface area contributed by atoms with E-state index in [1.54, 1.807) is 0 Å². The van der Waals surface area contributed by atoms with Crippen molar-refractivity contribution >= 4 is 61.0 Å². The van der Waals surface area contributed by atoms with Crippen LogP contribution in [0.25, 0.3) is 55.0 Å². The van der Waals surface area contributed by atoms with Crippen molar-refractivity contribution in [2.75, 3.05) is 0 Å². The normalized spacial score (nSPS) is 12.5. The number of nitrogens with zero attached hydrogens (tertiary/aromatic N) is 4. The van der Waals surface area contributed by atoms with Crippen LogP contribution in [0, 0.1) is 0 Å². The monoisotopic (exact) mass is 578 g/mol. The molecule has 0 unspecified atom stereocenters. The molecule has 45 heavy (non-hydrogen) atoms. The number of aromatic nitrogens is 2. The van der Waals surface area contributed by atoms with Gasteiger partial charge in [0.1, 0.15) is 0 Å². The van der Waals surface area contributed by atoms with Crippen molar-refractivity contribution in [3.05, 3.63) is 169 Å². The first-order valence-corrected chi connectivity index (χ1v) is 15.1. The van der Waals surface area contributed by atoms with E-state index in [2.05, 4.69) is 119 Å². The SMILES string of the molecule is C=C(/N=C(\N=C(/C)c1ccccc1)n1c2ccccc2c2c(-n3c4ccccc4c4ccccc43)cccc21)c1ccccc1. The average molecular weight is 579 g/mol. The fourth-order valence-corrected chi connectivity index (χ4v) is 6.42. The van der Waals surface area contributed by atoms with Crippen molar-refractivity contribution in [1.82, 2.24) is 9.13 Å². The zero-order valence-electron chi connectivity index (χ0n) is 24.9. The van der Waals surface area contributed by atoms with Crippen LogP contribution >= 0.6 is 0 Å². The maximum Gasteiger partial charge on any atom is 0.235 e. The number of rotatable bonds is 4. The summed E-state index contributed by atoms with van der Waals surface area (Å²) in [5.41, 5.74) is 9.05. The molecular formula is C41H30N4. The summed E-state index contributed by atoms with van der Waals surface area (Å²) >= 11 is 0. The summed E-state index contributed by atoms with van der Waals surface area (Å²) in [5, 5.41) is 4.75. The van der Waals surface area contributed by atoms with Crippen molar-refractivity contribution in [2.24, 2.45) is 9.98 Å². The molecule has 0 spiro atoms. The molecule has 0 radical (unpaired) electrons. The van der Waals surface area contributed by atoms with Crippen LogP contribution in [0.1, 0.15) is 18.1 Å². The molecule has 0 bridgehead atoms. The quantitative estimate of drug-likeness (QED) is 0.147. The molecule has 8 rings (SSSR count). The lowest BCUT2D eigenvalue weighted by Gasteiger charge is -2.12. The molecule has 0 N–H and O–H groups in total. The van der Waals surface area contributed by atoms with E-state index >= 15 is 0 Å². The van der Waals surface area contributed by atoms with Gasteiger partial charge in [-0.2, -0.15) is 0 Å². The van der Waals surface area contributed by atoms with Crippen LogP contribution < -0.4 is 0 Å². The minimum Gasteiger partial charge on any atom is -0.309 e. The molecule has 0 aliphatic carbocycles. The van der Waals surface area contributed by atoms with Crippen LogP contribution in [0.4, 0.5) is 0 Å². The Kier molecular flexibility index (Phi) is 6.46. The molecule has 4 nitrogen and oxygen atoms in total. The first-order valence-electron chi connectivity index (χ1n) is 15.1. The third-order valence-corrected chi connectivity index (χ3v) is 8.50. The topological polar surface area (TPSA) is 34.6 Å². The van der Waals surface area contributed by atoms with Gasteiger partial charge in [-0.05, 0) is 48.4 Å². The Bertz CT molecular complexity index is 2390. The summed E-state index contributed by atoms with van der Waals surface area (Å²) < 4.78 is 4.57. The van der Waals surface area contributed by atoms with Gasteiger partial charge in [-0.3, -0.25) is 4.57 Å². The maximum absolute atomic E-state index is 5.21. The number of benzene rings is 6.